The van der Waals surface area contributed by atoms with Gasteiger partial charge >= 0.3 is 0 Å². The first-order valence-corrected chi connectivity index (χ1v) is 3.35. The minimum atomic E-state index is -0.763. The van der Waals surface area contributed by atoms with Gasteiger partial charge < -0.3 is 10.4 Å². The predicted molar refractivity (Wildman–Crippen MR) is 40.2 cm³/mol. The SMILES string of the molecule is CC(C)(O)C1=C[C]=CCN1. The third kappa shape index (κ3) is 1.61. The van der Waals surface area contributed by atoms with Crippen LogP contribution >= 0.6 is 0 Å². The third-order valence-corrected chi connectivity index (χ3v) is 1.40. The topological polar surface area (TPSA) is 32.3 Å². The van der Waals surface area contributed by atoms with E-state index in [0.29, 0.717) is 0 Å². The molecule has 1 rings (SSSR count). The summed E-state index contributed by atoms with van der Waals surface area (Å²) in [5, 5.41) is 12.5. The second kappa shape index (κ2) is 2.46. The lowest BCUT2D eigenvalue weighted by Crippen LogP contribution is -2.33. The largest absolute Gasteiger partial charge is 0.384 e. The van der Waals surface area contributed by atoms with E-state index in [1.165, 1.54) is 0 Å². The number of dihydropyridines is 1. The molecular formula is C8H12NO. The highest BCUT2D eigenvalue weighted by atomic mass is 16.3. The number of allylic oxidation sites excluding steroid dienone is 2. The smallest absolute Gasteiger partial charge is 0.0984 e. The molecule has 1 aliphatic rings. The molecule has 10 heavy (non-hydrogen) atoms. The lowest BCUT2D eigenvalue weighted by molar-refractivity contribution is 0.112. The van der Waals surface area contributed by atoms with Gasteiger partial charge in [-0.2, -0.15) is 0 Å². The number of aliphatic hydroxyl groups is 1. The third-order valence-electron chi connectivity index (χ3n) is 1.40. The fourth-order valence-electron chi connectivity index (χ4n) is 0.806. The Morgan fingerprint density at radius 3 is 2.70 bits per heavy atom. The molecule has 0 aromatic carbocycles. The van der Waals surface area contributed by atoms with Crippen LogP contribution in [0.2, 0.25) is 0 Å². The number of rotatable bonds is 1. The van der Waals surface area contributed by atoms with Crippen LogP contribution < -0.4 is 5.32 Å². The Kier molecular flexibility index (Phi) is 1.81. The van der Waals surface area contributed by atoms with Gasteiger partial charge in [0, 0.05) is 12.2 Å². The Hall–Kier alpha value is -0.760. The van der Waals surface area contributed by atoms with Gasteiger partial charge in [-0.25, -0.2) is 0 Å². The van der Waals surface area contributed by atoms with E-state index in [1.807, 2.05) is 6.08 Å². The van der Waals surface area contributed by atoms with Crippen molar-refractivity contribution in [3.8, 4) is 0 Å². The maximum atomic E-state index is 9.46. The highest BCUT2D eigenvalue weighted by Gasteiger charge is 2.18. The summed E-state index contributed by atoms with van der Waals surface area (Å²) in [7, 11) is 0. The van der Waals surface area contributed by atoms with Crippen LogP contribution in [0, 0.1) is 6.08 Å². The lowest BCUT2D eigenvalue weighted by atomic mass is 10.0. The average Bonchev–Trinajstić information content (AvgIpc) is 1.88. The molecule has 0 fully saturated rings. The molecule has 0 aliphatic carbocycles. The van der Waals surface area contributed by atoms with Gasteiger partial charge in [0.25, 0.3) is 0 Å². The second-order valence-electron chi connectivity index (χ2n) is 2.87. The van der Waals surface area contributed by atoms with Crippen molar-refractivity contribution >= 4 is 0 Å². The van der Waals surface area contributed by atoms with Crippen LogP contribution in [0.3, 0.4) is 0 Å². The summed E-state index contributed by atoms with van der Waals surface area (Å²) in [6.45, 7) is 4.26. The van der Waals surface area contributed by atoms with Crippen LogP contribution in [0.25, 0.3) is 0 Å². The molecule has 1 radical (unpaired) electrons. The molecule has 0 unspecified atom stereocenters. The van der Waals surface area contributed by atoms with Crippen molar-refractivity contribution in [3.63, 3.8) is 0 Å². The molecule has 0 aromatic heterocycles. The summed E-state index contributed by atoms with van der Waals surface area (Å²) in [5.74, 6) is 0. The molecule has 2 heteroatoms. The van der Waals surface area contributed by atoms with E-state index in [1.54, 1.807) is 19.9 Å². The number of nitrogens with one attached hydrogen (secondary N) is 1. The van der Waals surface area contributed by atoms with Crippen molar-refractivity contribution in [1.29, 1.82) is 0 Å². The average molecular weight is 138 g/mol. The molecule has 1 aliphatic heterocycles. The quantitative estimate of drug-likeness (QED) is 0.556. The Balaban J connectivity index is 2.72. The van der Waals surface area contributed by atoms with Crippen LogP contribution in [0.5, 0.6) is 0 Å². The Morgan fingerprint density at radius 1 is 1.70 bits per heavy atom. The lowest BCUT2D eigenvalue weighted by Gasteiger charge is -2.23. The van der Waals surface area contributed by atoms with Gasteiger partial charge in [-0.05, 0) is 26.0 Å². The molecular weight excluding hydrogens is 126 g/mol. The molecule has 0 saturated heterocycles. The summed E-state index contributed by atoms with van der Waals surface area (Å²) >= 11 is 0. The van der Waals surface area contributed by atoms with Crippen LogP contribution in [-0.2, 0) is 0 Å². The van der Waals surface area contributed by atoms with Crippen molar-refractivity contribution in [2.24, 2.45) is 0 Å². The molecule has 0 amide bonds. The Labute approximate surface area is 61.3 Å². The van der Waals surface area contributed by atoms with E-state index in [9.17, 15) is 5.11 Å². The molecule has 1 heterocycles. The van der Waals surface area contributed by atoms with Crippen molar-refractivity contribution in [2.45, 2.75) is 19.4 Å². The highest BCUT2D eigenvalue weighted by molar-refractivity contribution is 5.19. The van der Waals surface area contributed by atoms with Crippen molar-refractivity contribution in [2.75, 3.05) is 6.54 Å². The van der Waals surface area contributed by atoms with Gasteiger partial charge in [-0.1, -0.05) is 6.08 Å². The zero-order valence-electron chi connectivity index (χ0n) is 6.31. The van der Waals surface area contributed by atoms with Crippen LogP contribution in [0.4, 0.5) is 0 Å². The zero-order valence-corrected chi connectivity index (χ0v) is 6.31. The zero-order chi connectivity index (χ0) is 7.61. The minimum Gasteiger partial charge on any atom is -0.384 e. The van der Waals surface area contributed by atoms with E-state index >= 15 is 0 Å². The summed E-state index contributed by atoms with van der Waals surface area (Å²) in [6.07, 6.45) is 6.58. The number of hydrogen-bond acceptors (Lipinski definition) is 2. The summed E-state index contributed by atoms with van der Waals surface area (Å²) in [4.78, 5) is 0. The monoisotopic (exact) mass is 138 g/mol. The van der Waals surface area contributed by atoms with Crippen molar-refractivity contribution in [3.05, 3.63) is 23.9 Å². The molecule has 0 aromatic rings. The first kappa shape index (κ1) is 7.35. The van der Waals surface area contributed by atoms with Crippen LogP contribution in [0.15, 0.2) is 17.8 Å². The Bertz CT molecular complexity index is 174. The van der Waals surface area contributed by atoms with E-state index in [4.69, 9.17) is 0 Å². The second-order valence-corrected chi connectivity index (χ2v) is 2.87. The van der Waals surface area contributed by atoms with Crippen molar-refractivity contribution in [1.82, 2.24) is 5.32 Å². The molecule has 2 N–H and O–H groups in total. The van der Waals surface area contributed by atoms with E-state index in [2.05, 4.69) is 11.4 Å². The summed E-state index contributed by atoms with van der Waals surface area (Å²) < 4.78 is 0. The van der Waals surface area contributed by atoms with Gasteiger partial charge in [-0.3, -0.25) is 0 Å². The normalized spacial score (nSPS) is 18.1. The predicted octanol–water partition coefficient (Wildman–Crippen LogP) is 0.604. The molecule has 0 spiro atoms. The fraction of sp³-hybridized carbons (Fsp3) is 0.500. The minimum absolute atomic E-state index is 0.760. The van der Waals surface area contributed by atoms with Crippen LogP contribution in [0.1, 0.15) is 13.8 Å². The molecule has 55 valence electrons. The van der Waals surface area contributed by atoms with E-state index < -0.39 is 5.60 Å². The van der Waals surface area contributed by atoms with Crippen LogP contribution in [-0.4, -0.2) is 17.3 Å². The maximum Gasteiger partial charge on any atom is 0.0984 e. The van der Waals surface area contributed by atoms with Gasteiger partial charge in [0.15, 0.2) is 0 Å². The fourth-order valence-corrected chi connectivity index (χ4v) is 0.806. The van der Waals surface area contributed by atoms with Gasteiger partial charge in [0.2, 0.25) is 0 Å². The molecule has 0 atom stereocenters. The maximum absolute atomic E-state index is 9.46. The highest BCUT2D eigenvalue weighted by Crippen LogP contribution is 2.13. The van der Waals surface area contributed by atoms with E-state index in [-0.39, 0.29) is 0 Å². The van der Waals surface area contributed by atoms with E-state index in [0.717, 1.165) is 12.2 Å². The molecule has 0 bridgehead atoms. The Morgan fingerprint density at radius 2 is 2.40 bits per heavy atom. The first-order valence-electron chi connectivity index (χ1n) is 3.35. The standard InChI is InChI=1S/C8H12NO/c1-8(2,10)7-5-3-4-6-9-7/h4-5,9-10H,6H2,1-2H3. The molecule has 2 nitrogen and oxygen atoms in total. The number of hydrogen-bond donors (Lipinski definition) is 2. The first-order chi connectivity index (χ1) is 4.61. The summed E-state index contributed by atoms with van der Waals surface area (Å²) in [6, 6.07) is 0. The van der Waals surface area contributed by atoms with Gasteiger partial charge in [0.05, 0.1) is 5.60 Å². The van der Waals surface area contributed by atoms with Crippen molar-refractivity contribution < 1.29 is 5.11 Å². The molecule has 0 saturated carbocycles. The van der Waals surface area contributed by atoms with Gasteiger partial charge in [-0.15, -0.1) is 0 Å². The van der Waals surface area contributed by atoms with Gasteiger partial charge in [0.1, 0.15) is 0 Å². The summed E-state index contributed by atoms with van der Waals surface area (Å²) in [5.41, 5.74) is 0.0661.